The van der Waals surface area contributed by atoms with Crippen LogP contribution in [0, 0.1) is 0 Å². The van der Waals surface area contributed by atoms with E-state index in [2.05, 4.69) is 17.6 Å². The van der Waals surface area contributed by atoms with E-state index in [1.54, 1.807) is 0 Å². The summed E-state index contributed by atoms with van der Waals surface area (Å²) in [5.74, 6) is 0. The molecular formula is C12H29N3. The molecule has 3 heteroatoms. The lowest BCUT2D eigenvalue weighted by Crippen LogP contribution is -2.21. The Morgan fingerprint density at radius 1 is 0.733 bits per heavy atom. The van der Waals surface area contributed by atoms with Gasteiger partial charge in [0, 0.05) is 0 Å². The van der Waals surface area contributed by atoms with Crippen LogP contribution in [0.3, 0.4) is 0 Å². The van der Waals surface area contributed by atoms with E-state index < -0.39 is 0 Å². The predicted molar refractivity (Wildman–Crippen MR) is 68.2 cm³/mol. The molecule has 0 aromatic carbocycles. The molecule has 0 fully saturated rings. The topological polar surface area (TPSA) is 50.1 Å². The SMILES string of the molecule is CCCCCNCCCCNCCCN. The van der Waals surface area contributed by atoms with Gasteiger partial charge in [0.15, 0.2) is 0 Å². The number of hydrogen-bond acceptors (Lipinski definition) is 3. The third-order valence-corrected chi connectivity index (χ3v) is 2.47. The maximum atomic E-state index is 5.40. The van der Waals surface area contributed by atoms with Gasteiger partial charge < -0.3 is 16.4 Å². The number of rotatable bonds is 12. The molecule has 0 amide bonds. The molecule has 0 spiro atoms. The Balaban J connectivity index is 2.81. The van der Waals surface area contributed by atoms with Gasteiger partial charge in [-0.05, 0) is 58.4 Å². The summed E-state index contributed by atoms with van der Waals surface area (Å²) in [7, 11) is 0. The molecule has 0 unspecified atom stereocenters. The van der Waals surface area contributed by atoms with E-state index in [1.807, 2.05) is 0 Å². The van der Waals surface area contributed by atoms with E-state index in [9.17, 15) is 0 Å². The molecule has 0 aromatic heterocycles. The second kappa shape index (κ2) is 13.9. The van der Waals surface area contributed by atoms with E-state index in [0.29, 0.717) is 0 Å². The van der Waals surface area contributed by atoms with Crippen molar-refractivity contribution in [1.82, 2.24) is 10.6 Å². The van der Waals surface area contributed by atoms with Crippen molar-refractivity contribution in [2.75, 3.05) is 32.7 Å². The highest BCUT2D eigenvalue weighted by Gasteiger charge is 1.90. The van der Waals surface area contributed by atoms with Crippen LogP contribution in [0.15, 0.2) is 0 Å². The summed E-state index contributed by atoms with van der Waals surface area (Å²) in [6, 6.07) is 0. The largest absolute Gasteiger partial charge is 0.330 e. The van der Waals surface area contributed by atoms with Gasteiger partial charge in [0.1, 0.15) is 0 Å². The zero-order valence-electron chi connectivity index (χ0n) is 10.4. The molecule has 0 saturated heterocycles. The molecule has 0 heterocycles. The first-order chi connectivity index (χ1) is 7.41. The second-order valence-electron chi connectivity index (χ2n) is 4.06. The van der Waals surface area contributed by atoms with Crippen molar-refractivity contribution >= 4 is 0 Å². The van der Waals surface area contributed by atoms with Crippen LogP contribution >= 0.6 is 0 Å². The zero-order valence-corrected chi connectivity index (χ0v) is 10.4. The second-order valence-corrected chi connectivity index (χ2v) is 4.06. The lowest BCUT2D eigenvalue weighted by molar-refractivity contribution is 0.561. The van der Waals surface area contributed by atoms with Gasteiger partial charge in [0.05, 0.1) is 0 Å². The highest BCUT2D eigenvalue weighted by Crippen LogP contribution is 1.91. The molecule has 0 bridgehead atoms. The van der Waals surface area contributed by atoms with Gasteiger partial charge in [-0.2, -0.15) is 0 Å². The Morgan fingerprint density at radius 2 is 1.20 bits per heavy atom. The summed E-state index contributed by atoms with van der Waals surface area (Å²) in [6.07, 6.45) is 7.63. The number of nitrogens with two attached hydrogens (primary N) is 1. The minimum atomic E-state index is 0.798. The standard InChI is InChI=1S/C12H29N3/c1-2-3-4-9-14-10-5-6-11-15-12-7-8-13/h14-15H,2-13H2,1H3. The average Bonchev–Trinajstić information content (AvgIpc) is 2.26. The molecule has 92 valence electrons. The molecule has 15 heavy (non-hydrogen) atoms. The van der Waals surface area contributed by atoms with Crippen LogP contribution in [-0.2, 0) is 0 Å². The molecule has 0 aliphatic heterocycles. The summed E-state index contributed by atoms with van der Waals surface area (Å²) < 4.78 is 0. The van der Waals surface area contributed by atoms with E-state index >= 15 is 0 Å². The predicted octanol–water partition coefficient (Wildman–Crippen LogP) is 1.48. The van der Waals surface area contributed by atoms with E-state index in [4.69, 9.17) is 5.73 Å². The molecule has 0 radical (unpaired) electrons. The highest BCUT2D eigenvalue weighted by molar-refractivity contribution is 4.52. The lowest BCUT2D eigenvalue weighted by Gasteiger charge is -2.05. The summed E-state index contributed by atoms with van der Waals surface area (Å²) >= 11 is 0. The Morgan fingerprint density at radius 3 is 1.67 bits per heavy atom. The van der Waals surface area contributed by atoms with Crippen molar-refractivity contribution < 1.29 is 0 Å². The minimum Gasteiger partial charge on any atom is -0.330 e. The van der Waals surface area contributed by atoms with Gasteiger partial charge in [-0.1, -0.05) is 19.8 Å². The average molecular weight is 215 g/mol. The zero-order chi connectivity index (χ0) is 11.2. The lowest BCUT2D eigenvalue weighted by atomic mass is 10.2. The summed E-state index contributed by atoms with van der Waals surface area (Å²) in [6.45, 7) is 7.60. The van der Waals surface area contributed by atoms with Gasteiger partial charge in [0.2, 0.25) is 0 Å². The molecule has 3 nitrogen and oxygen atoms in total. The minimum absolute atomic E-state index is 0.798. The van der Waals surface area contributed by atoms with Crippen molar-refractivity contribution in [1.29, 1.82) is 0 Å². The maximum absolute atomic E-state index is 5.40. The van der Waals surface area contributed by atoms with Gasteiger partial charge in [-0.3, -0.25) is 0 Å². The number of unbranched alkanes of at least 4 members (excludes halogenated alkanes) is 3. The van der Waals surface area contributed by atoms with E-state index in [-0.39, 0.29) is 0 Å². The monoisotopic (exact) mass is 215 g/mol. The smallest absolute Gasteiger partial charge is 0.00369 e. The fourth-order valence-corrected chi connectivity index (χ4v) is 1.48. The van der Waals surface area contributed by atoms with Crippen molar-refractivity contribution in [3.05, 3.63) is 0 Å². The van der Waals surface area contributed by atoms with Crippen molar-refractivity contribution in [3.8, 4) is 0 Å². The highest BCUT2D eigenvalue weighted by atomic mass is 14.9. The summed E-state index contributed by atoms with van der Waals surface area (Å²) in [4.78, 5) is 0. The maximum Gasteiger partial charge on any atom is -0.00369 e. The van der Waals surface area contributed by atoms with Gasteiger partial charge in [-0.25, -0.2) is 0 Å². The van der Waals surface area contributed by atoms with Gasteiger partial charge in [0.25, 0.3) is 0 Å². The van der Waals surface area contributed by atoms with Crippen LogP contribution in [0.1, 0.15) is 45.4 Å². The first kappa shape index (κ1) is 14.9. The van der Waals surface area contributed by atoms with Crippen molar-refractivity contribution in [2.24, 2.45) is 5.73 Å². The van der Waals surface area contributed by atoms with Gasteiger partial charge in [-0.15, -0.1) is 0 Å². The van der Waals surface area contributed by atoms with Crippen LogP contribution in [0.5, 0.6) is 0 Å². The Labute approximate surface area is 95.2 Å². The molecular weight excluding hydrogens is 186 g/mol. The van der Waals surface area contributed by atoms with Crippen LogP contribution < -0.4 is 16.4 Å². The van der Waals surface area contributed by atoms with Crippen LogP contribution in [0.4, 0.5) is 0 Å². The third-order valence-electron chi connectivity index (χ3n) is 2.47. The number of hydrogen-bond donors (Lipinski definition) is 3. The fraction of sp³-hybridized carbons (Fsp3) is 1.00. The molecule has 0 aromatic rings. The van der Waals surface area contributed by atoms with Crippen molar-refractivity contribution in [2.45, 2.75) is 45.4 Å². The molecule has 0 aliphatic rings. The van der Waals surface area contributed by atoms with Crippen LogP contribution in [0.2, 0.25) is 0 Å². The van der Waals surface area contributed by atoms with Gasteiger partial charge >= 0.3 is 0 Å². The molecule has 0 aliphatic carbocycles. The summed E-state index contributed by atoms with van der Waals surface area (Å²) in [5.41, 5.74) is 5.40. The van der Waals surface area contributed by atoms with Crippen LogP contribution in [-0.4, -0.2) is 32.7 Å². The molecule has 0 atom stereocenters. The number of nitrogens with one attached hydrogen (secondary N) is 2. The Hall–Kier alpha value is -0.120. The third kappa shape index (κ3) is 13.9. The van der Waals surface area contributed by atoms with Crippen molar-refractivity contribution in [3.63, 3.8) is 0 Å². The molecule has 4 N–H and O–H groups in total. The molecule has 0 saturated carbocycles. The first-order valence-electron chi connectivity index (χ1n) is 6.53. The summed E-state index contributed by atoms with van der Waals surface area (Å²) in [5, 5.41) is 6.86. The Bertz CT molecular complexity index is 95.0. The first-order valence-corrected chi connectivity index (χ1v) is 6.53. The van der Waals surface area contributed by atoms with E-state index in [0.717, 1.165) is 26.1 Å². The normalized spacial score (nSPS) is 10.8. The van der Waals surface area contributed by atoms with Crippen LogP contribution in [0.25, 0.3) is 0 Å². The fourth-order valence-electron chi connectivity index (χ4n) is 1.48. The molecule has 0 rings (SSSR count). The Kier molecular flexibility index (Phi) is 13.8. The van der Waals surface area contributed by atoms with E-state index in [1.165, 1.54) is 45.2 Å². The quantitative estimate of drug-likeness (QED) is 0.432.